The van der Waals surface area contributed by atoms with Crippen LogP contribution >= 0.6 is 0 Å². The van der Waals surface area contributed by atoms with Crippen molar-refractivity contribution in [3.63, 3.8) is 0 Å². The summed E-state index contributed by atoms with van der Waals surface area (Å²) in [6.45, 7) is 3.63. The molecule has 1 aliphatic rings. The Balaban J connectivity index is 1.84. The van der Waals surface area contributed by atoms with Crippen molar-refractivity contribution in [3.05, 3.63) is 63.0 Å². The minimum atomic E-state index is -3.02. The van der Waals surface area contributed by atoms with Gasteiger partial charge in [0.25, 0.3) is 5.69 Å². The van der Waals surface area contributed by atoms with E-state index in [9.17, 15) is 23.3 Å². The van der Waals surface area contributed by atoms with Crippen molar-refractivity contribution in [2.45, 2.75) is 26.3 Å². The molecule has 0 saturated carbocycles. The molecule has 9 heteroatoms. The number of hydrogen-bond donors (Lipinski definition) is 0. The normalized spacial score (nSPS) is 18.8. The summed E-state index contributed by atoms with van der Waals surface area (Å²) in [6, 6.07) is 5.36. The van der Waals surface area contributed by atoms with E-state index in [1.165, 1.54) is 30.3 Å². The number of nitrogens with zero attached hydrogens (tertiary/aromatic N) is 3. The maximum atomic E-state index is 12.3. The molecule has 0 aliphatic carbocycles. The molecule has 1 aliphatic heterocycles. The summed E-state index contributed by atoms with van der Waals surface area (Å²) in [6.07, 6.45) is 3.50. The molecule has 0 N–H and O–H groups in total. The molecule has 1 atom stereocenters. The van der Waals surface area contributed by atoms with E-state index >= 15 is 0 Å². The lowest BCUT2D eigenvalue weighted by Gasteiger charge is -2.10. The maximum absolute atomic E-state index is 12.3. The number of carbonyl (C=O) groups is 1. The molecule has 142 valence electrons. The predicted octanol–water partition coefficient (Wildman–Crippen LogP) is 2.66. The minimum Gasteiger partial charge on any atom is -0.289 e. The first-order chi connectivity index (χ1) is 12.7. The first-order valence-corrected chi connectivity index (χ1v) is 10.2. The Kier molecular flexibility index (Phi) is 4.97. The number of aryl methyl sites for hydroxylation is 1. The highest BCUT2D eigenvalue weighted by molar-refractivity contribution is 7.91. The van der Waals surface area contributed by atoms with Gasteiger partial charge in [0.05, 0.1) is 28.2 Å². The van der Waals surface area contributed by atoms with Crippen LogP contribution in [0.2, 0.25) is 0 Å². The van der Waals surface area contributed by atoms with Crippen LogP contribution < -0.4 is 0 Å². The number of aromatic nitrogens is 2. The number of rotatable bonds is 5. The third-order valence-electron chi connectivity index (χ3n) is 4.68. The number of hydrogen-bond acceptors (Lipinski definition) is 6. The molecule has 3 rings (SSSR count). The van der Waals surface area contributed by atoms with Gasteiger partial charge >= 0.3 is 0 Å². The number of nitro groups is 1. The molecule has 1 saturated heterocycles. The van der Waals surface area contributed by atoms with Crippen LogP contribution in [-0.2, 0) is 9.84 Å². The zero-order valence-electron chi connectivity index (χ0n) is 15.0. The molecule has 0 spiro atoms. The summed E-state index contributed by atoms with van der Waals surface area (Å²) < 4.78 is 25.2. The third kappa shape index (κ3) is 3.97. The van der Waals surface area contributed by atoms with Gasteiger partial charge in [0.1, 0.15) is 0 Å². The average molecular weight is 389 g/mol. The minimum absolute atomic E-state index is 0.0741. The number of non-ortho nitro benzene ring substituents is 1. The SMILES string of the molecule is Cc1nn([C@H]2CCS(=O)(=O)C2)c(C)c1/C=C/C(=O)c1cccc([N+](=O)[O-])c1. The molecule has 0 radical (unpaired) electrons. The Bertz CT molecular complexity index is 1050. The zero-order chi connectivity index (χ0) is 19.8. The van der Waals surface area contributed by atoms with E-state index in [1.807, 2.05) is 6.92 Å². The lowest BCUT2D eigenvalue weighted by Crippen LogP contribution is -2.13. The van der Waals surface area contributed by atoms with Crippen molar-refractivity contribution in [2.75, 3.05) is 11.5 Å². The molecule has 8 nitrogen and oxygen atoms in total. The maximum Gasteiger partial charge on any atom is 0.270 e. The Labute approximate surface area is 156 Å². The van der Waals surface area contributed by atoms with Gasteiger partial charge in [-0.05, 0) is 32.4 Å². The topological polar surface area (TPSA) is 112 Å². The van der Waals surface area contributed by atoms with E-state index in [1.54, 1.807) is 17.7 Å². The summed E-state index contributed by atoms with van der Waals surface area (Å²) >= 11 is 0. The monoisotopic (exact) mass is 389 g/mol. The standard InChI is InChI=1S/C18H19N3O5S/c1-12-17(13(2)20(19-12)16-8-9-27(25,26)11-16)6-7-18(22)14-4-3-5-15(10-14)21(23)24/h3-7,10,16H,8-9,11H2,1-2H3/b7-6+/t16-/m0/s1. The Hall–Kier alpha value is -2.81. The summed E-state index contributed by atoms with van der Waals surface area (Å²) in [5.41, 5.74) is 2.32. The van der Waals surface area contributed by atoms with E-state index in [-0.39, 0.29) is 34.6 Å². The quantitative estimate of drug-likeness (QED) is 0.336. The van der Waals surface area contributed by atoms with Crippen molar-refractivity contribution in [1.29, 1.82) is 0 Å². The second kappa shape index (κ2) is 7.07. The predicted molar refractivity (Wildman–Crippen MR) is 100 cm³/mol. The first-order valence-electron chi connectivity index (χ1n) is 8.41. The molecule has 2 aromatic rings. The molecule has 27 heavy (non-hydrogen) atoms. The number of nitro benzene ring substituents is 1. The second-order valence-corrected chi connectivity index (χ2v) is 8.82. The molecule has 1 aromatic heterocycles. The highest BCUT2D eigenvalue weighted by Crippen LogP contribution is 2.27. The fourth-order valence-electron chi connectivity index (χ4n) is 3.27. The molecular formula is C18H19N3O5S. The largest absolute Gasteiger partial charge is 0.289 e. The van der Waals surface area contributed by atoms with E-state index in [0.29, 0.717) is 12.1 Å². The first kappa shape index (κ1) is 19.0. The van der Waals surface area contributed by atoms with Crippen LogP contribution in [0, 0.1) is 24.0 Å². The van der Waals surface area contributed by atoms with Gasteiger partial charge in [-0.3, -0.25) is 19.6 Å². The molecule has 0 bridgehead atoms. The smallest absolute Gasteiger partial charge is 0.270 e. The number of ketones is 1. The number of allylic oxidation sites excluding steroid dienone is 1. The van der Waals surface area contributed by atoms with Gasteiger partial charge in [0, 0.05) is 29.0 Å². The van der Waals surface area contributed by atoms with Gasteiger partial charge in [-0.25, -0.2) is 8.42 Å². The van der Waals surface area contributed by atoms with E-state index in [4.69, 9.17) is 0 Å². The second-order valence-electron chi connectivity index (χ2n) is 6.59. The van der Waals surface area contributed by atoms with Crippen LogP contribution in [0.25, 0.3) is 6.08 Å². The van der Waals surface area contributed by atoms with Crippen LogP contribution in [0.15, 0.2) is 30.3 Å². The summed E-state index contributed by atoms with van der Waals surface area (Å²) in [5, 5.41) is 15.3. The van der Waals surface area contributed by atoms with Crippen molar-refractivity contribution in [3.8, 4) is 0 Å². The number of carbonyl (C=O) groups excluding carboxylic acids is 1. The third-order valence-corrected chi connectivity index (χ3v) is 6.43. The van der Waals surface area contributed by atoms with Gasteiger partial charge in [0.2, 0.25) is 0 Å². The average Bonchev–Trinajstić information content (AvgIpc) is 3.11. The highest BCUT2D eigenvalue weighted by Gasteiger charge is 2.31. The summed E-state index contributed by atoms with van der Waals surface area (Å²) in [7, 11) is -3.02. The van der Waals surface area contributed by atoms with Crippen molar-refractivity contribution >= 4 is 27.4 Å². The lowest BCUT2D eigenvalue weighted by molar-refractivity contribution is -0.384. The lowest BCUT2D eigenvalue weighted by atomic mass is 10.1. The molecule has 0 unspecified atom stereocenters. The summed E-state index contributed by atoms with van der Waals surface area (Å²) in [4.78, 5) is 22.6. The highest BCUT2D eigenvalue weighted by atomic mass is 32.2. The van der Waals surface area contributed by atoms with Gasteiger partial charge in [-0.2, -0.15) is 5.10 Å². The molecule has 0 amide bonds. The van der Waals surface area contributed by atoms with Gasteiger partial charge in [-0.1, -0.05) is 12.1 Å². The van der Waals surface area contributed by atoms with E-state index in [0.717, 1.165) is 11.3 Å². The van der Waals surface area contributed by atoms with Crippen LogP contribution in [-0.4, -0.2) is 40.4 Å². The van der Waals surface area contributed by atoms with Gasteiger partial charge < -0.3 is 0 Å². The Morgan fingerprint density at radius 3 is 2.74 bits per heavy atom. The van der Waals surface area contributed by atoms with E-state index in [2.05, 4.69) is 5.10 Å². The van der Waals surface area contributed by atoms with Crippen molar-refractivity contribution < 1.29 is 18.1 Å². The number of benzene rings is 1. The Morgan fingerprint density at radius 1 is 1.37 bits per heavy atom. The van der Waals surface area contributed by atoms with Gasteiger partial charge in [0.15, 0.2) is 15.6 Å². The Morgan fingerprint density at radius 2 is 2.11 bits per heavy atom. The van der Waals surface area contributed by atoms with Crippen LogP contribution in [0.1, 0.15) is 39.8 Å². The molecule has 2 heterocycles. The van der Waals surface area contributed by atoms with Crippen molar-refractivity contribution in [1.82, 2.24) is 9.78 Å². The molecule has 1 fully saturated rings. The fraction of sp³-hybridized carbons (Fsp3) is 0.333. The van der Waals surface area contributed by atoms with Crippen LogP contribution in [0.5, 0.6) is 0 Å². The number of sulfone groups is 1. The fourth-order valence-corrected chi connectivity index (χ4v) is 4.96. The summed E-state index contributed by atoms with van der Waals surface area (Å²) in [5.74, 6) is -0.120. The zero-order valence-corrected chi connectivity index (χ0v) is 15.8. The van der Waals surface area contributed by atoms with Crippen LogP contribution in [0.4, 0.5) is 5.69 Å². The van der Waals surface area contributed by atoms with Crippen molar-refractivity contribution in [2.24, 2.45) is 0 Å². The molecule has 1 aromatic carbocycles. The van der Waals surface area contributed by atoms with Crippen LogP contribution in [0.3, 0.4) is 0 Å². The molecular weight excluding hydrogens is 370 g/mol. The van der Waals surface area contributed by atoms with Gasteiger partial charge in [-0.15, -0.1) is 0 Å². The van der Waals surface area contributed by atoms with E-state index < -0.39 is 14.8 Å².